The van der Waals surface area contributed by atoms with Crippen LogP contribution in [0.1, 0.15) is 46.0 Å². The highest BCUT2D eigenvalue weighted by Gasteiger charge is 2.17. The van der Waals surface area contributed by atoms with Crippen LogP contribution in [0.5, 0.6) is 0 Å². The molecule has 1 fully saturated rings. The third-order valence-corrected chi connectivity index (χ3v) is 3.33. The number of rotatable bonds is 8. The largest absolute Gasteiger partial charge is 0.481 e. The van der Waals surface area contributed by atoms with Gasteiger partial charge in [-0.1, -0.05) is 0 Å². The van der Waals surface area contributed by atoms with E-state index < -0.39 is 5.97 Å². The summed E-state index contributed by atoms with van der Waals surface area (Å²) in [6.07, 6.45) is 4.87. The maximum Gasteiger partial charge on any atom is 0.303 e. The van der Waals surface area contributed by atoms with Gasteiger partial charge in [0.15, 0.2) is 0 Å². The van der Waals surface area contributed by atoms with Gasteiger partial charge in [-0.15, -0.1) is 0 Å². The molecule has 0 saturated carbocycles. The molecule has 4 nitrogen and oxygen atoms in total. The fourth-order valence-corrected chi connectivity index (χ4v) is 2.24. The molecule has 0 aromatic heterocycles. The van der Waals surface area contributed by atoms with Gasteiger partial charge in [-0.25, -0.2) is 0 Å². The first kappa shape index (κ1) is 14.5. The van der Waals surface area contributed by atoms with Gasteiger partial charge in [0.05, 0.1) is 6.10 Å². The molecule has 0 aliphatic carbocycles. The van der Waals surface area contributed by atoms with E-state index in [-0.39, 0.29) is 6.42 Å². The van der Waals surface area contributed by atoms with Crippen molar-refractivity contribution >= 4 is 5.97 Å². The first-order valence-corrected chi connectivity index (χ1v) is 6.67. The molecule has 0 amide bonds. The van der Waals surface area contributed by atoms with Gasteiger partial charge in [0, 0.05) is 25.6 Å². The van der Waals surface area contributed by atoms with Crippen molar-refractivity contribution < 1.29 is 14.6 Å². The average Bonchev–Trinajstić information content (AvgIpc) is 2.74. The summed E-state index contributed by atoms with van der Waals surface area (Å²) in [5, 5.41) is 8.63. The summed E-state index contributed by atoms with van der Waals surface area (Å²) in [4.78, 5) is 12.8. The molecule has 1 rings (SSSR count). The summed E-state index contributed by atoms with van der Waals surface area (Å²) in [6.45, 7) is 7.12. The SMILES string of the molecule is CC(C)N(CCCC(=O)O)CCC1CCCO1. The number of carboxylic acid groups (broad SMARTS) is 1. The van der Waals surface area contributed by atoms with E-state index in [1.54, 1.807) is 0 Å². The first-order valence-electron chi connectivity index (χ1n) is 6.67. The van der Waals surface area contributed by atoms with Crippen molar-refractivity contribution in [3.63, 3.8) is 0 Å². The van der Waals surface area contributed by atoms with Gasteiger partial charge in [-0.2, -0.15) is 0 Å². The van der Waals surface area contributed by atoms with E-state index in [0.717, 1.165) is 32.5 Å². The standard InChI is InChI=1S/C13H25NO3/c1-11(2)14(8-3-6-13(15)16)9-7-12-5-4-10-17-12/h11-12H,3-10H2,1-2H3,(H,15,16). The second-order valence-electron chi connectivity index (χ2n) is 5.05. The Morgan fingerprint density at radius 2 is 2.24 bits per heavy atom. The van der Waals surface area contributed by atoms with E-state index in [2.05, 4.69) is 18.7 Å². The summed E-state index contributed by atoms with van der Waals surface area (Å²) < 4.78 is 5.60. The van der Waals surface area contributed by atoms with Crippen LogP contribution in [0.15, 0.2) is 0 Å². The lowest BCUT2D eigenvalue weighted by molar-refractivity contribution is -0.137. The molecular formula is C13H25NO3. The molecule has 1 aliphatic rings. The number of carbonyl (C=O) groups is 1. The van der Waals surface area contributed by atoms with Crippen molar-refractivity contribution in [3.8, 4) is 0 Å². The Bertz CT molecular complexity index is 225. The van der Waals surface area contributed by atoms with Crippen LogP contribution in [0.2, 0.25) is 0 Å². The monoisotopic (exact) mass is 243 g/mol. The van der Waals surface area contributed by atoms with Crippen LogP contribution < -0.4 is 0 Å². The number of nitrogens with zero attached hydrogens (tertiary/aromatic N) is 1. The predicted octanol–water partition coefficient (Wildman–Crippen LogP) is 2.13. The lowest BCUT2D eigenvalue weighted by Crippen LogP contribution is -2.34. The Labute approximate surface area is 104 Å². The number of aliphatic carboxylic acids is 1. The molecule has 1 atom stereocenters. The van der Waals surface area contributed by atoms with Crippen LogP contribution in [0.4, 0.5) is 0 Å². The average molecular weight is 243 g/mol. The van der Waals surface area contributed by atoms with Crippen molar-refractivity contribution in [3.05, 3.63) is 0 Å². The highest BCUT2D eigenvalue weighted by Crippen LogP contribution is 2.16. The highest BCUT2D eigenvalue weighted by molar-refractivity contribution is 5.66. The molecule has 100 valence electrons. The molecule has 1 aliphatic heterocycles. The lowest BCUT2D eigenvalue weighted by atomic mass is 10.1. The molecule has 0 bridgehead atoms. The second kappa shape index (κ2) is 7.67. The molecule has 0 aromatic rings. The zero-order valence-electron chi connectivity index (χ0n) is 11.0. The minimum absolute atomic E-state index is 0.267. The van der Waals surface area contributed by atoms with Crippen molar-refractivity contribution in [1.82, 2.24) is 4.90 Å². The van der Waals surface area contributed by atoms with Crippen LogP contribution in [0.3, 0.4) is 0 Å². The van der Waals surface area contributed by atoms with Gasteiger partial charge in [0.1, 0.15) is 0 Å². The fourth-order valence-electron chi connectivity index (χ4n) is 2.24. The van der Waals surface area contributed by atoms with E-state index >= 15 is 0 Å². The van der Waals surface area contributed by atoms with Gasteiger partial charge >= 0.3 is 5.97 Å². The number of ether oxygens (including phenoxy) is 1. The molecular weight excluding hydrogens is 218 g/mol. The molecule has 0 spiro atoms. The summed E-state index contributed by atoms with van der Waals surface area (Å²) in [7, 11) is 0. The first-order chi connectivity index (χ1) is 8.09. The van der Waals surface area contributed by atoms with E-state index in [4.69, 9.17) is 9.84 Å². The summed E-state index contributed by atoms with van der Waals surface area (Å²) in [5.41, 5.74) is 0. The quantitative estimate of drug-likeness (QED) is 0.709. The highest BCUT2D eigenvalue weighted by atomic mass is 16.5. The molecule has 1 unspecified atom stereocenters. The summed E-state index contributed by atoms with van der Waals surface area (Å²) >= 11 is 0. The minimum atomic E-state index is -0.701. The Morgan fingerprint density at radius 1 is 1.47 bits per heavy atom. The van der Waals surface area contributed by atoms with Crippen molar-refractivity contribution in [1.29, 1.82) is 0 Å². The van der Waals surface area contributed by atoms with Gasteiger partial charge in [0.2, 0.25) is 0 Å². The van der Waals surface area contributed by atoms with Gasteiger partial charge < -0.3 is 14.7 Å². The Balaban J connectivity index is 2.19. The fraction of sp³-hybridized carbons (Fsp3) is 0.923. The van der Waals surface area contributed by atoms with Gasteiger partial charge in [-0.05, 0) is 46.1 Å². The van der Waals surface area contributed by atoms with E-state index in [0.29, 0.717) is 12.1 Å². The Morgan fingerprint density at radius 3 is 2.76 bits per heavy atom. The predicted molar refractivity (Wildman–Crippen MR) is 67.2 cm³/mol. The normalized spacial score (nSPS) is 20.4. The molecule has 1 heterocycles. The molecule has 0 radical (unpaired) electrons. The van der Waals surface area contributed by atoms with Gasteiger partial charge in [0.25, 0.3) is 0 Å². The topological polar surface area (TPSA) is 49.8 Å². The van der Waals surface area contributed by atoms with Gasteiger partial charge in [-0.3, -0.25) is 4.79 Å². The zero-order chi connectivity index (χ0) is 12.7. The second-order valence-corrected chi connectivity index (χ2v) is 5.05. The molecule has 1 saturated heterocycles. The number of carboxylic acids is 1. The zero-order valence-corrected chi connectivity index (χ0v) is 11.0. The number of hydrogen-bond acceptors (Lipinski definition) is 3. The minimum Gasteiger partial charge on any atom is -0.481 e. The smallest absolute Gasteiger partial charge is 0.303 e. The number of hydrogen-bond donors (Lipinski definition) is 1. The Kier molecular flexibility index (Phi) is 6.52. The summed E-state index contributed by atoms with van der Waals surface area (Å²) in [5.74, 6) is -0.701. The Hall–Kier alpha value is -0.610. The maximum atomic E-state index is 10.5. The van der Waals surface area contributed by atoms with E-state index in [1.165, 1.54) is 12.8 Å². The van der Waals surface area contributed by atoms with Crippen LogP contribution in [-0.2, 0) is 9.53 Å². The van der Waals surface area contributed by atoms with Crippen LogP contribution >= 0.6 is 0 Å². The lowest BCUT2D eigenvalue weighted by Gasteiger charge is -2.27. The molecule has 0 aromatic carbocycles. The van der Waals surface area contributed by atoms with Crippen LogP contribution in [0, 0.1) is 0 Å². The van der Waals surface area contributed by atoms with Crippen LogP contribution in [-0.4, -0.2) is 47.8 Å². The molecule has 17 heavy (non-hydrogen) atoms. The third kappa shape index (κ3) is 6.03. The van der Waals surface area contributed by atoms with E-state index in [9.17, 15) is 4.79 Å². The van der Waals surface area contributed by atoms with Crippen LogP contribution in [0.25, 0.3) is 0 Å². The van der Waals surface area contributed by atoms with Crippen molar-refractivity contribution in [2.75, 3.05) is 19.7 Å². The van der Waals surface area contributed by atoms with Crippen molar-refractivity contribution in [2.45, 2.75) is 58.1 Å². The van der Waals surface area contributed by atoms with E-state index in [1.807, 2.05) is 0 Å². The summed E-state index contributed by atoms with van der Waals surface area (Å²) in [6, 6.07) is 0.477. The third-order valence-electron chi connectivity index (χ3n) is 3.33. The molecule has 4 heteroatoms. The van der Waals surface area contributed by atoms with Crippen molar-refractivity contribution in [2.24, 2.45) is 0 Å². The maximum absolute atomic E-state index is 10.5. The molecule has 1 N–H and O–H groups in total.